The van der Waals surface area contributed by atoms with Crippen LogP contribution in [0.25, 0.3) is 0 Å². The van der Waals surface area contributed by atoms with E-state index in [0.717, 1.165) is 18.0 Å². The summed E-state index contributed by atoms with van der Waals surface area (Å²) in [5.74, 6) is 1.57. The second-order valence-corrected chi connectivity index (χ2v) is 6.00. The highest BCUT2D eigenvalue weighted by molar-refractivity contribution is 14.0. The summed E-state index contributed by atoms with van der Waals surface area (Å²) in [6.07, 6.45) is 6.25. The third-order valence-corrected chi connectivity index (χ3v) is 4.34. The van der Waals surface area contributed by atoms with E-state index in [9.17, 15) is 4.39 Å². The van der Waals surface area contributed by atoms with Crippen molar-refractivity contribution in [1.82, 2.24) is 5.32 Å². The van der Waals surface area contributed by atoms with Crippen molar-refractivity contribution in [2.75, 3.05) is 6.54 Å². The van der Waals surface area contributed by atoms with Crippen molar-refractivity contribution >= 4 is 29.9 Å². The molecule has 0 saturated heterocycles. The van der Waals surface area contributed by atoms with E-state index in [2.05, 4.69) is 10.3 Å². The largest absolute Gasteiger partial charge is 0.370 e. The number of aliphatic imine (C=N–C) groups is 1. The minimum absolute atomic E-state index is 0. The van der Waals surface area contributed by atoms with Crippen molar-refractivity contribution < 1.29 is 4.39 Å². The van der Waals surface area contributed by atoms with Crippen molar-refractivity contribution in [1.29, 1.82) is 0 Å². The zero-order valence-corrected chi connectivity index (χ0v) is 14.5. The molecule has 0 aromatic heterocycles. The van der Waals surface area contributed by atoms with Crippen molar-refractivity contribution in [3.8, 4) is 0 Å². The third kappa shape index (κ3) is 4.56. The zero-order valence-electron chi connectivity index (χ0n) is 12.1. The van der Waals surface area contributed by atoms with Crippen LogP contribution in [0.5, 0.6) is 0 Å². The summed E-state index contributed by atoms with van der Waals surface area (Å²) < 4.78 is 13.9. The highest BCUT2D eigenvalue weighted by Gasteiger charge is 2.24. The second-order valence-electron chi connectivity index (χ2n) is 6.00. The Kier molecular flexibility index (Phi) is 5.84. The first-order chi connectivity index (χ1) is 9.72. The van der Waals surface area contributed by atoms with E-state index in [0.29, 0.717) is 24.0 Å². The molecule has 0 heterocycles. The second kappa shape index (κ2) is 7.42. The van der Waals surface area contributed by atoms with Crippen LogP contribution in [0, 0.1) is 11.7 Å². The maximum atomic E-state index is 13.9. The van der Waals surface area contributed by atoms with Crippen molar-refractivity contribution in [3.05, 3.63) is 35.1 Å². The van der Waals surface area contributed by atoms with Gasteiger partial charge in [-0.1, -0.05) is 18.6 Å². The van der Waals surface area contributed by atoms with Gasteiger partial charge in [0, 0.05) is 12.1 Å². The molecule has 0 aliphatic heterocycles. The fraction of sp³-hybridized carbons (Fsp3) is 0.562. The standard InChI is InChI=1S/C16H22FN3.HI/c17-15-8-13(12-4-5-12)6-7-14(15)10-20-16(18)19-9-11-2-1-3-11;/h6-8,11-12H,1-5,9-10H2,(H3,18,19,20);1H. The Morgan fingerprint density at radius 2 is 2.05 bits per heavy atom. The molecule has 2 saturated carbocycles. The lowest BCUT2D eigenvalue weighted by atomic mass is 9.85. The zero-order chi connectivity index (χ0) is 13.9. The average Bonchev–Trinajstić information content (AvgIpc) is 3.19. The van der Waals surface area contributed by atoms with E-state index in [4.69, 9.17) is 5.73 Å². The number of guanidine groups is 1. The first-order valence-corrected chi connectivity index (χ1v) is 7.54. The van der Waals surface area contributed by atoms with Crippen LogP contribution < -0.4 is 11.1 Å². The fourth-order valence-corrected chi connectivity index (χ4v) is 2.53. The van der Waals surface area contributed by atoms with Gasteiger partial charge in [0.1, 0.15) is 5.82 Å². The molecule has 3 rings (SSSR count). The maximum absolute atomic E-state index is 13.9. The normalized spacial score (nSPS) is 18.8. The molecule has 0 amide bonds. The van der Waals surface area contributed by atoms with Crippen LogP contribution in [0.2, 0.25) is 0 Å². The molecular weight excluding hydrogens is 380 g/mol. The van der Waals surface area contributed by atoms with Gasteiger partial charge in [-0.3, -0.25) is 0 Å². The van der Waals surface area contributed by atoms with Gasteiger partial charge >= 0.3 is 0 Å². The summed E-state index contributed by atoms with van der Waals surface area (Å²) in [4.78, 5) is 4.22. The summed E-state index contributed by atoms with van der Waals surface area (Å²) >= 11 is 0. The maximum Gasteiger partial charge on any atom is 0.188 e. The molecule has 21 heavy (non-hydrogen) atoms. The van der Waals surface area contributed by atoms with Crippen LogP contribution in [-0.2, 0) is 6.54 Å². The van der Waals surface area contributed by atoms with Crippen LogP contribution in [0.3, 0.4) is 0 Å². The van der Waals surface area contributed by atoms with Gasteiger partial charge < -0.3 is 11.1 Å². The Morgan fingerprint density at radius 3 is 2.62 bits per heavy atom. The first kappa shape index (κ1) is 16.5. The van der Waals surface area contributed by atoms with E-state index in [-0.39, 0.29) is 29.8 Å². The smallest absolute Gasteiger partial charge is 0.188 e. The predicted octanol–water partition coefficient (Wildman–Crippen LogP) is 3.53. The predicted molar refractivity (Wildman–Crippen MR) is 94.5 cm³/mol. The highest BCUT2D eigenvalue weighted by Crippen LogP contribution is 2.40. The van der Waals surface area contributed by atoms with Crippen LogP contribution in [-0.4, -0.2) is 12.5 Å². The lowest BCUT2D eigenvalue weighted by molar-refractivity contribution is 0.315. The Hall–Kier alpha value is -0.850. The van der Waals surface area contributed by atoms with Gasteiger partial charge in [0.2, 0.25) is 0 Å². The van der Waals surface area contributed by atoms with E-state index < -0.39 is 0 Å². The molecule has 0 bridgehead atoms. The van der Waals surface area contributed by atoms with Crippen LogP contribution in [0.4, 0.5) is 4.39 Å². The number of rotatable bonds is 5. The van der Waals surface area contributed by atoms with Gasteiger partial charge in [0.25, 0.3) is 0 Å². The number of halogens is 2. The number of nitrogens with one attached hydrogen (secondary N) is 1. The quantitative estimate of drug-likeness (QED) is 0.449. The molecule has 0 unspecified atom stereocenters. The number of benzene rings is 1. The number of nitrogens with two attached hydrogens (primary N) is 1. The van der Waals surface area contributed by atoms with E-state index >= 15 is 0 Å². The fourth-order valence-electron chi connectivity index (χ4n) is 2.53. The van der Waals surface area contributed by atoms with E-state index in [1.807, 2.05) is 12.1 Å². The van der Waals surface area contributed by atoms with E-state index in [1.54, 1.807) is 6.07 Å². The minimum Gasteiger partial charge on any atom is -0.370 e. The van der Waals surface area contributed by atoms with Crippen LogP contribution in [0.15, 0.2) is 23.2 Å². The molecule has 1 aromatic carbocycles. The Morgan fingerprint density at radius 1 is 1.29 bits per heavy atom. The van der Waals surface area contributed by atoms with Crippen molar-refractivity contribution in [2.24, 2.45) is 16.6 Å². The molecule has 3 nitrogen and oxygen atoms in total. The SMILES string of the molecule is I.NC(=NCc1ccc(C2CC2)cc1F)NCC1CCC1. The lowest BCUT2D eigenvalue weighted by Crippen LogP contribution is -2.37. The third-order valence-electron chi connectivity index (χ3n) is 4.34. The lowest BCUT2D eigenvalue weighted by Gasteiger charge is -2.25. The summed E-state index contributed by atoms with van der Waals surface area (Å²) in [5, 5.41) is 3.12. The molecule has 0 spiro atoms. The van der Waals surface area contributed by atoms with Gasteiger partial charge in [0.15, 0.2) is 5.96 Å². The van der Waals surface area contributed by atoms with Gasteiger partial charge in [-0.15, -0.1) is 24.0 Å². The number of hydrogen-bond acceptors (Lipinski definition) is 1. The van der Waals surface area contributed by atoms with Gasteiger partial charge in [-0.2, -0.15) is 0 Å². The Bertz CT molecular complexity index is 510. The molecule has 5 heteroatoms. The molecule has 3 N–H and O–H groups in total. The summed E-state index contributed by atoms with van der Waals surface area (Å²) in [7, 11) is 0. The van der Waals surface area contributed by atoms with Gasteiger partial charge in [0.05, 0.1) is 6.54 Å². The van der Waals surface area contributed by atoms with E-state index in [1.165, 1.54) is 32.1 Å². The first-order valence-electron chi connectivity index (χ1n) is 7.54. The number of nitrogens with zero attached hydrogens (tertiary/aromatic N) is 1. The molecule has 1 aromatic rings. The highest BCUT2D eigenvalue weighted by atomic mass is 127. The topological polar surface area (TPSA) is 50.4 Å². The van der Waals surface area contributed by atoms with Crippen LogP contribution in [0.1, 0.15) is 49.1 Å². The number of hydrogen-bond donors (Lipinski definition) is 2. The summed E-state index contributed by atoms with van der Waals surface area (Å²) in [5.41, 5.74) is 7.53. The molecule has 2 aliphatic rings. The van der Waals surface area contributed by atoms with Gasteiger partial charge in [-0.25, -0.2) is 9.38 Å². The van der Waals surface area contributed by atoms with Crippen molar-refractivity contribution in [3.63, 3.8) is 0 Å². The molecule has 0 radical (unpaired) electrons. The molecule has 0 atom stereocenters. The van der Waals surface area contributed by atoms with Gasteiger partial charge in [-0.05, 0) is 49.1 Å². The average molecular weight is 403 g/mol. The Labute approximate surface area is 142 Å². The summed E-state index contributed by atoms with van der Waals surface area (Å²) in [6.45, 7) is 1.19. The summed E-state index contributed by atoms with van der Waals surface area (Å²) in [6, 6.07) is 5.51. The minimum atomic E-state index is -0.162. The molecule has 2 aliphatic carbocycles. The van der Waals surface area contributed by atoms with Crippen LogP contribution >= 0.6 is 24.0 Å². The molecule has 2 fully saturated rings. The van der Waals surface area contributed by atoms with Crippen molar-refractivity contribution in [2.45, 2.75) is 44.6 Å². The monoisotopic (exact) mass is 403 g/mol. The molecular formula is C16H23FIN3. The molecule has 116 valence electrons. The Balaban J connectivity index is 0.00000161.